The van der Waals surface area contributed by atoms with Gasteiger partial charge in [0.05, 0.1) is 12.0 Å². The molecule has 0 bridgehead atoms. The third kappa shape index (κ3) is 4.07. The van der Waals surface area contributed by atoms with Crippen molar-refractivity contribution in [2.75, 3.05) is 0 Å². The molecule has 1 aromatic rings. The van der Waals surface area contributed by atoms with Gasteiger partial charge in [-0.15, -0.1) is 0 Å². The summed E-state index contributed by atoms with van der Waals surface area (Å²) < 4.78 is 4.07. The highest BCUT2D eigenvalue weighted by Gasteiger charge is 2.14. The van der Waals surface area contributed by atoms with Crippen molar-refractivity contribution >= 4 is 17.8 Å². The number of nitrogens with zero attached hydrogens (tertiary/aromatic N) is 3. The Hall–Kier alpha value is -1.28. The maximum absolute atomic E-state index is 10.9. The Labute approximate surface area is 99.5 Å². The molecule has 0 saturated carbocycles. The number of aldehydes is 1. The van der Waals surface area contributed by atoms with Gasteiger partial charge < -0.3 is 4.79 Å². The van der Waals surface area contributed by atoms with E-state index >= 15 is 0 Å². The average Bonchev–Trinajstić information content (AvgIpc) is 2.70. The highest BCUT2D eigenvalue weighted by atomic mass is 32.1. The van der Waals surface area contributed by atoms with Gasteiger partial charge in [0, 0.05) is 6.42 Å². The molecule has 5 heteroatoms. The average molecular weight is 237 g/mol. The van der Waals surface area contributed by atoms with E-state index in [-0.39, 0.29) is 5.92 Å². The van der Waals surface area contributed by atoms with Gasteiger partial charge in [0.15, 0.2) is 0 Å². The smallest absolute Gasteiger partial charge is 0.139 e. The number of unbranched alkanes of at least 4 members (excludes halogenated alkanes) is 3. The minimum Gasteiger partial charge on any atom is -0.303 e. The second kappa shape index (κ2) is 7.07. The first-order chi connectivity index (χ1) is 7.77. The predicted molar refractivity (Wildman–Crippen MR) is 62.1 cm³/mol. The van der Waals surface area contributed by atoms with Crippen LogP contribution in [0.1, 0.15) is 48.9 Å². The molecule has 0 aliphatic heterocycles. The highest BCUT2D eigenvalue weighted by Crippen LogP contribution is 2.22. The summed E-state index contributed by atoms with van der Waals surface area (Å²) in [6, 6.07) is 2.11. The van der Waals surface area contributed by atoms with Gasteiger partial charge in [-0.3, -0.25) is 0 Å². The molecule has 0 aliphatic rings. The lowest BCUT2D eigenvalue weighted by molar-refractivity contribution is -0.109. The van der Waals surface area contributed by atoms with Crippen LogP contribution in [-0.4, -0.2) is 15.6 Å². The second-order valence-electron chi connectivity index (χ2n) is 3.68. The number of hydrogen-bond acceptors (Lipinski definition) is 5. The van der Waals surface area contributed by atoms with Crippen LogP contribution in [0.25, 0.3) is 0 Å². The minimum absolute atomic E-state index is 0.117. The van der Waals surface area contributed by atoms with Crippen LogP contribution in [-0.2, 0) is 4.79 Å². The molecule has 0 aliphatic carbocycles. The minimum atomic E-state index is -0.117. The molecule has 0 saturated heterocycles. The molecule has 0 radical (unpaired) electrons. The Balaban J connectivity index is 2.33. The first-order valence-corrected chi connectivity index (χ1v) is 6.17. The summed E-state index contributed by atoms with van der Waals surface area (Å²) in [5, 5.41) is 9.19. The van der Waals surface area contributed by atoms with E-state index in [1.807, 2.05) is 6.92 Å². The number of carbonyl (C=O) groups excluding carboxylic acids is 1. The van der Waals surface area contributed by atoms with E-state index in [9.17, 15) is 4.79 Å². The Kier molecular flexibility index (Phi) is 5.65. The summed E-state index contributed by atoms with van der Waals surface area (Å²) in [5.74, 6) is 0.615. The molecule has 1 rings (SSSR count). The standard InChI is InChI=1S/C11H15N3OS/c1-9-13-11(16-14-9)10(8-15)6-4-2-3-5-7-12/h8,10H,2-6H2,1H3. The summed E-state index contributed by atoms with van der Waals surface area (Å²) in [4.78, 5) is 15.1. The Morgan fingerprint density at radius 3 is 2.88 bits per heavy atom. The van der Waals surface area contributed by atoms with Crippen LogP contribution < -0.4 is 0 Å². The second-order valence-corrected chi connectivity index (χ2v) is 4.46. The first-order valence-electron chi connectivity index (χ1n) is 5.40. The van der Waals surface area contributed by atoms with Gasteiger partial charge in [0.2, 0.25) is 0 Å². The SMILES string of the molecule is Cc1nsc(C(C=O)CCCCCC#N)n1. The third-order valence-electron chi connectivity index (χ3n) is 2.33. The van der Waals surface area contributed by atoms with Crippen molar-refractivity contribution in [3.05, 3.63) is 10.8 Å². The molecule has 0 spiro atoms. The van der Waals surface area contributed by atoms with Crippen LogP contribution in [0.4, 0.5) is 0 Å². The number of hydrogen-bond donors (Lipinski definition) is 0. The molecule has 0 fully saturated rings. The summed E-state index contributed by atoms with van der Waals surface area (Å²) in [6.45, 7) is 1.83. The van der Waals surface area contributed by atoms with Gasteiger partial charge in [-0.05, 0) is 31.3 Å². The van der Waals surface area contributed by atoms with Crippen LogP contribution in [0.15, 0.2) is 0 Å². The van der Waals surface area contributed by atoms with E-state index in [4.69, 9.17) is 5.26 Å². The number of aromatic nitrogens is 2. The lowest BCUT2D eigenvalue weighted by Crippen LogP contribution is -2.00. The fourth-order valence-corrected chi connectivity index (χ4v) is 2.21. The van der Waals surface area contributed by atoms with Crippen molar-refractivity contribution in [1.29, 1.82) is 5.26 Å². The number of nitriles is 1. The van der Waals surface area contributed by atoms with Gasteiger partial charge in [0.25, 0.3) is 0 Å². The van der Waals surface area contributed by atoms with Crippen molar-refractivity contribution < 1.29 is 4.79 Å². The van der Waals surface area contributed by atoms with E-state index in [1.54, 1.807) is 0 Å². The van der Waals surface area contributed by atoms with Crippen LogP contribution in [0.5, 0.6) is 0 Å². The van der Waals surface area contributed by atoms with Crippen molar-refractivity contribution in [1.82, 2.24) is 9.36 Å². The van der Waals surface area contributed by atoms with Crippen molar-refractivity contribution in [2.45, 2.75) is 44.9 Å². The molecule has 0 amide bonds. The predicted octanol–water partition coefficient (Wildman–Crippen LogP) is 2.60. The molecule has 1 atom stereocenters. The normalized spacial score (nSPS) is 12.0. The van der Waals surface area contributed by atoms with E-state index in [0.717, 1.165) is 42.8 Å². The van der Waals surface area contributed by atoms with Crippen LogP contribution in [0, 0.1) is 18.3 Å². The first kappa shape index (κ1) is 12.8. The van der Waals surface area contributed by atoms with Gasteiger partial charge in [-0.25, -0.2) is 4.98 Å². The molecule has 1 heterocycles. The summed E-state index contributed by atoms with van der Waals surface area (Å²) >= 11 is 1.31. The van der Waals surface area contributed by atoms with Crippen LogP contribution in [0.2, 0.25) is 0 Å². The van der Waals surface area contributed by atoms with Crippen molar-refractivity contribution in [2.24, 2.45) is 0 Å². The van der Waals surface area contributed by atoms with Gasteiger partial charge in [-0.1, -0.05) is 12.8 Å². The maximum Gasteiger partial charge on any atom is 0.139 e. The molecular formula is C11H15N3OS. The number of carbonyl (C=O) groups is 1. The molecule has 86 valence electrons. The fraction of sp³-hybridized carbons (Fsp3) is 0.636. The lowest BCUT2D eigenvalue weighted by Gasteiger charge is -2.04. The van der Waals surface area contributed by atoms with E-state index in [1.165, 1.54) is 11.5 Å². The zero-order valence-electron chi connectivity index (χ0n) is 9.35. The third-order valence-corrected chi connectivity index (χ3v) is 3.27. The Morgan fingerprint density at radius 2 is 2.31 bits per heavy atom. The van der Waals surface area contributed by atoms with Gasteiger partial charge >= 0.3 is 0 Å². The van der Waals surface area contributed by atoms with Crippen molar-refractivity contribution in [3.63, 3.8) is 0 Å². The Morgan fingerprint density at radius 1 is 1.50 bits per heavy atom. The highest BCUT2D eigenvalue weighted by molar-refractivity contribution is 7.05. The van der Waals surface area contributed by atoms with E-state index in [2.05, 4.69) is 15.4 Å². The largest absolute Gasteiger partial charge is 0.303 e. The number of aryl methyl sites for hydroxylation is 1. The molecular weight excluding hydrogens is 222 g/mol. The zero-order valence-corrected chi connectivity index (χ0v) is 10.2. The van der Waals surface area contributed by atoms with Gasteiger partial charge in [-0.2, -0.15) is 9.64 Å². The van der Waals surface area contributed by atoms with Crippen LogP contribution in [0.3, 0.4) is 0 Å². The molecule has 0 aromatic carbocycles. The fourth-order valence-electron chi connectivity index (χ4n) is 1.46. The van der Waals surface area contributed by atoms with E-state index in [0.29, 0.717) is 6.42 Å². The van der Waals surface area contributed by atoms with Crippen molar-refractivity contribution in [3.8, 4) is 6.07 Å². The zero-order chi connectivity index (χ0) is 11.8. The molecule has 0 N–H and O–H groups in total. The maximum atomic E-state index is 10.9. The summed E-state index contributed by atoms with van der Waals surface area (Å²) in [6.07, 6.45) is 5.23. The van der Waals surface area contributed by atoms with Gasteiger partial charge in [0.1, 0.15) is 17.1 Å². The Bertz CT molecular complexity index is 370. The molecule has 1 aromatic heterocycles. The quantitative estimate of drug-likeness (QED) is 0.540. The summed E-state index contributed by atoms with van der Waals surface area (Å²) in [7, 11) is 0. The topological polar surface area (TPSA) is 66.6 Å². The monoisotopic (exact) mass is 237 g/mol. The van der Waals surface area contributed by atoms with E-state index < -0.39 is 0 Å². The molecule has 4 nitrogen and oxygen atoms in total. The number of rotatable bonds is 7. The molecule has 1 unspecified atom stereocenters. The summed E-state index contributed by atoms with van der Waals surface area (Å²) in [5.41, 5.74) is 0. The molecule has 16 heavy (non-hydrogen) atoms. The van der Waals surface area contributed by atoms with Crippen LogP contribution >= 0.6 is 11.5 Å². The lowest BCUT2D eigenvalue weighted by atomic mass is 10.0.